The summed E-state index contributed by atoms with van der Waals surface area (Å²) in [4.78, 5) is 2.30. The van der Waals surface area contributed by atoms with E-state index >= 15 is 0 Å². The third kappa shape index (κ3) is 2.02. The van der Waals surface area contributed by atoms with Gasteiger partial charge in [0.05, 0.1) is 6.54 Å². The molecule has 0 aromatic carbocycles. The number of nitrogens with zero attached hydrogens (tertiary/aromatic N) is 1. The highest BCUT2D eigenvalue weighted by atomic mass is 15.1. The van der Waals surface area contributed by atoms with E-state index in [4.69, 9.17) is 5.73 Å². The van der Waals surface area contributed by atoms with Crippen molar-refractivity contribution >= 4 is 0 Å². The Morgan fingerprint density at radius 2 is 2.50 bits per heavy atom. The molecule has 0 saturated carbocycles. The Balaban J connectivity index is 2.31. The van der Waals surface area contributed by atoms with Gasteiger partial charge in [-0.05, 0) is 20.0 Å². The summed E-state index contributed by atoms with van der Waals surface area (Å²) in [5.41, 5.74) is 5.25. The van der Waals surface area contributed by atoms with Crippen molar-refractivity contribution < 1.29 is 0 Å². The van der Waals surface area contributed by atoms with E-state index in [1.165, 1.54) is 13.0 Å². The van der Waals surface area contributed by atoms with Crippen LogP contribution in [0.3, 0.4) is 0 Å². The van der Waals surface area contributed by atoms with E-state index in [9.17, 15) is 0 Å². The van der Waals surface area contributed by atoms with Crippen molar-refractivity contribution in [3.63, 3.8) is 0 Å². The predicted octanol–water partition coefficient (Wildman–Crippen LogP) is -0.0998. The summed E-state index contributed by atoms with van der Waals surface area (Å²) >= 11 is 0. The number of nitrogens with two attached hydrogens (primary N) is 1. The van der Waals surface area contributed by atoms with E-state index in [2.05, 4.69) is 23.8 Å². The quantitative estimate of drug-likeness (QED) is 0.474. The fourth-order valence-electron chi connectivity index (χ4n) is 1.26. The molecule has 56 valence electrons. The molecule has 0 aliphatic carbocycles. The maximum absolute atomic E-state index is 5.25. The molecule has 1 fully saturated rings. The minimum Gasteiger partial charge on any atom is -0.320 e. The maximum Gasteiger partial charge on any atom is 0.0551 e. The fourth-order valence-corrected chi connectivity index (χ4v) is 1.26. The minimum atomic E-state index is 0.500. The van der Waals surface area contributed by atoms with Gasteiger partial charge in [0.15, 0.2) is 0 Å². The monoisotopic (exact) mass is 138 g/mol. The van der Waals surface area contributed by atoms with E-state index in [1.807, 2.05) is 0 Å². The van der Waals surface area contributed by atoms with Gasteiger partial charge in [0.25, 0.3) is 0 Å². The Bertz CT molecular complexity index is 154. The first-order chi connectivity index (χ1) is 4.83. The van der Waals surface area contributed by atoms with Crippen LogP contribution < -0.4 is 5.73 Å². The van der Waals surface area contributed by atoms with Crippen LogP contribution in [0.2, 0.25) is 0 Å². The highest BCUT2D eigenvalue weighted by Gasteiger charge is 2.16. The molecule has 1 saturated heterocycles. The molecule has 2 nitrogen and oxygen atoms in total. The van der Waals surface area contributed by atoms with E-state index in [0.29, 0.717) is 12.5 Å². The normalized spacial score (nSPS) is 26.0. The molecule has 1 unspecified atom stereocenters. The Morgan fingerprint density at radius 3 is 3.00 bits per heavy atom. The molecule has 0 aromatic rings. The molecule has 0 amide bonds. The molecule has 0 bridgehead atoms. The third-order valence-electron chi connectivity index (χ3n) is 1.80. The Morgan fingerprint density at radius 1 is 1.70 bits per heavy atom. The van der Waals surface area contributed by atoms with Gasteiger partial charge < -0.3 is 10.6 Å². The van der Waals surface area contributed by atoms with Gasteiger partial charge in [-0.3, -0.25) is 0 Å². The Labute approximate surface area is 62.4 Å². The topological polar surface area (TPSA) is 29.3 Å². The molecule has 0 aromatic heterocycles. The summed E-state index contributed by atoms with van der Waals surface area (Å²) < 4.78 is 0. The second-order valence-corrected chi connectivity index (χ2v) is 2.77. The lowest BCUT2D eigenvalue weighted by molar-refractivity contribution is 0.409. The van der Waals surface area contributed by atoms with Crippen molar-refractivity contribution in [3.05, 3.63) is 0 Å². The van der Waals surface area contributed by atoms with Gasteiger partial charge in [-0.25, -0.2) is 0 Å². The standard InChI is InChI=1S/C8H14N2/c1-10-6-4-8(7-10)3-2-5-9/h8H,4-7,9H2,1H3. The Hall–Kier alpha value is -0.520. The van der Waals surface area contributed by atoms with Crippen LogP contribution in [-0.4, -0.2) is 31.6 Å². The van der Waals surface area contributed by atoms with Crippen LogP contribution in [0.15, 0.2) is 0 Å². The molecule has 2 N–H and O–H groups in total. The second kappa shape index (κ2) is 3.60. The third-order valence-corrected chi connectivity index (χ3v) is 1.80. The first-order valence-electron chi connectivity index (χ1n) is 3.70. The zero-order valence-corrected chi connectivity index (χ0v) is 6.43. The number of rotatable bonds is 0. The summed E-state index contributed by atoms with van der Waals surface area (Å²) in [5, 5.41) is 0. The number of hydrogen-bond acceptors (Lipinski definition) is 2. The molecular formula is C8H14N2. The molecule has 0 radical (unpaired) electrons. The minimum absolute atomic E-state index is 0.500. The van der Waals surface area contributed by atoms with Crippen molar-refractivity contribution in [1.82, 2.24) is 4.90 Å². The highest BCUT2D eigenvalue weighted by Crippen LogP contribution is 2.12. The van der Waals surface area contributed by atoms with Crippen LogP contribution in [0, 0.1) is 17.8 Å². The van der Waals surface area contributed by atoms with Crippen molar-refractivity contribution in [2.24, 2.45) is 11.7 Å². The van der Waals surface area contributed by atoms with Gasteiger partial charge in [0.2, 0.25) is 0 Å². The summed E-state index contributed by atoms with van der Waals surface area (Å²) in [6.45, 7) is 2.80. The van der Waals surface area contributed by atoms with Crippen LogP contribution in [0.1, 0.15) is 6.42 Å². The van der Waals surface area contributed by atoms with Gasteiger partial charge in [0.1, 0.15) is 0 Å². The van der Waals surface area contributed by atoms with Crippen LogP contribution in [0.4, 0.5) is 0 Å². The van der Waals surface area contributed by atoms with Gasteiger partial charge in [-0.1, -0.05) is 11.8 Å². The SMILES string of the molecule is CN1CCC(C#CCN)C1. The largest absolute Gasteiger partial charge is 0.320 e. The predicted molar refractivity (Wildman–Crippen MR) is 42.4 cm³/mol. The lowest BCUT2D eigenvalue weighted by Crippen LogP contribution is -2.13. The van der Waals surface area contributed by atoms with Gasteiger partial charge in [0, 0.05) is 12.5 Å². The molecule has 1 heterocycles. The highest BCUT2D eigenvalue weighted by molar-refractivity contribution is 5.06. The summed E-state index contributed by atoms with van der Waals surface area (Å²) in [5.74, 6) is 6.63. The van der Waals surface area contributed by atoms with E-state index in [0.717, 1.165) is 6.54 Å². The molecule has 1 aliphatic heterocycles. The molecule has 1 aliphatic rings. The molecule has 2 heteroatoms. The Kier molecular flexibility index (Phi) is 2.73. The lowest BCUT2D eigenvalue weighted by Gasteiger charge is -2.03. The number of likely N-dealkylation sites (tertiary alicyclic amines) is 1. The first-order valence-corrected chi connectivity index (χ1v) is 3.70. The number of hydrogen-bond donors (Lipinski definition) is 1. The molecular weight excluding hydrogens is 124 g/mol. The maximum atomic E-state index is 5.25. The molecule has 1 atom stereocenters. The van der Waals surface area contributed by atoms with Crippen molar-refractivity contribution in [2.75, 3.05) is 26.7 Å². The van der Waals surface area contributed by atoms with Crippen LogP contribution in [0.25, 0.3) is 0 Å². The fraction of sp³-hybridized carbons (Fsp3) is 0.750. The first kappa shape index (κ1) is 7.59. The van der Waals surface area contributed by atoms with Crippen LogP contribution in [-0.2, 0) is 0 Å². The van der Waals surface area contributed by atoms with Crippen molar-refractivity contribution in [1.29, 1.82) is 0 Å². The molecule has 0 spiro atoms. The second-order valence-electron chi connectivity index (χ2n) is 2.77. The van der Waals surface area contributed by atoms with Crippen molar-refractivity contribution in [3.8, 4) is 11.8 Å². The average molecular weight is 138 g/mol. The van der Waals surface area contributed by atoms with E-state index < -0.39 is 0 Å². The summed E-state index contributed by atoms with van der Waals surface area (Å²) in [7, 11) is 2.13. The van der Waals surface area contributed by atoms with E-state index in [1.54, 1.807) is 0 Å². The summed E-state index contributed by atoms with van der Waals surface area (Å²) in [6.07, 6.45) is 1.21. The van der Waals surface area contributed by atoms with Gasteiger partial charge in [-0.15, -0.1) is 0 Å². The van der Waals surface area contributed by atoms with Crippen LogP contribution in [0.5, 0.6) is 0 Å². The van der Waals surface area contributed by atoms with Crippen molar-refractivity contribution in [2.45, 2.75) is 6.42 Å². The van der Waals surface area contributed by atoms with Gasteiger partial charge in [-0.2, -0.15) is 0 Å². The smallest absolute Gasteiger partial charge is 0.0551 e. The van der Waals surface area contributed by atoms with Crippen LogP contribution >= 0.6 is 0 Å². The molecule has 1 rings (SSSR count). The zero-order chi connectivity index (χ0) is 7.40. The van der Waals surface area contributed by atoms with E-state index in [-0.39, 0.29) is 0 Å². The lowest BCUT2D eigenvalue weighted by atomic mass is 10.1. The summed E-state index contributed by atoms with van der Waals surface area (Å²) in [6, 6.07) is 0. The zero-order valence-electron chi connectivity index (χ0n) is 6.43. The van der Waals surface area contributed by atoms with Gasteiger partial charge >= 0.3 is 0 Å². The average Bonchev–Trinajstić information content (AvgIpc) is 2.31. The molecule has 10 heavy (non-hydrogen) atoms.